The maximum Gasteiger partial charge on any atom is 0.251 e. The van der Waals surface area contributed by atoms with Crippen molar-refractivity contribution in [2.45, 2.75) is 13.3 Å². The highest BCUT2D eigenvalue weighted by Gasteiger charge is 2.06. The first-order valence-corrected chi connectivity index (χ1v) is 8.56. The van der Waals surface area contributed by atoms with Gasteiger partial charge in [0.1, 0.15) is 0 Å². The van der Waals surface area contributed by atoms with Crippen LogP contribution in [-0.2, 0) is 4.79 Å². The lowest BCUT2D eigenvalue weighted by atomic mass is 10.2. The molecule has 0 bridgehead atoms. The van der Waals surface area contributed by atoms with Crippen LogP contribution in [0.3, 0.4) is 0 Å². The van der Waals surface area contributed by atoms with Crippen LogP contribution in [0.15, 0.2) is 53.0 Å². The predicted molar refractivity (Wildman–Crippen MR) is 100 cm³/mol. The average molecular weight is 390 g/mol. The molecule has 6 heteroatoms. The summed E-state index contributed by atoms with van der Waals surface area (Å²) in [6.45, 7) is 2.81. The molecule has 0 aliphatic heterocycles. The molecule has 0 radical (unpaired) electrons. The minimum Gasteiger partial charge on any atom is -0.375 e. The number of hydrogen-bond donors (Lipinski definition) is 3. The van der Waals surface area contributed by atoms with Crippen LogP contribution in [-0.4, -0.2) is 24.9 Å². The van der Waals surface area contributed by atoms with Crippen molar-refractivity contribution in [2.24, 2.45) is 0 Å². The van der Waals surface area contributed by atoms with Gasteiger partial charge in [0.15, 0.2) is 0 Å². The summed E-state index contributed by atoms with van der Waals surface area (Å²) in [5.74, 6) is -0.265. The Labute approximate surface area is 150 Å². The summed E-state index contributed by atoms with van der Waals surface area (Å²) in [5.41, 5.74) is 2.09. The molecule has 24 heavy (non-hydrogen) atoms. The lowest BCUT2D eigenvalue weighted by Gasteiger charge is -2.10. The van der Waals surface area contributed by atoms with E-state index >= 15 is 0 Å². The number of nitrogens with one attached hydrogen (secondary N) is 3. The smallest absolute Gasteiger partial charge is 0.251 e. The van der Waals surface area contributed by atoms with E-state index in [2.05, 4.69) is 31.9 Å². The van der Waals surface area contributed by atoms with Crippen LogP contribution in [0.2, 0.25) is 0 Å². The number of halogens is 1. The molecule has 0 saturated heterocycles. The number of amides is 2. The van der Waals surface area contributed by atoms with Crippen molar-refractivity contribution < 1.29 is 9.59 Å². The first-order chi connectivity index (χ1) is 11.6. The van der Waals surface area contributed by atoms with E-state index in [0.717, 1.165) is 16.6 Å². The normalized spacial score (nSPS) is 10.1. The first-order valence-electron chi connectivity index (χ1n) is 7.76. The second kappa shape index (κ2) is 9.08. The molecule has 2 aromatic carbocycles. The number of rotatable bonds is 7. The SMILES string of the molecule is CCCNC(=O)c1ccc(NC(=O)CNc2ccccc2Br)cc1. The van der Waals surface area contributed by atoms with Crippen LogP contribution in [0.4, 0.5) is 11.4 Å². The first kappa shape index (κ1) is 18.0. The Hall–Kier alpha value is -2.34. The molecule has 0 aliphatic carbocycles. The highest BCUT2D eigenvalue weighted by Crippen LogP contribution is 2.20. The van der Waals surface area contributed by atoms with Crippen molar-refractivity contribution in [3.8, 4) is 0 Å². The van der Waals surface area contributed by atoms with Gasteiger partial charge < -0.3 is 16.0 Å². The number of para-hydroxylation sites is 1. The van der Waals surface area contributed by atoms with Crippen LogP contribution < -0.4 is 16.0 Å². The standard InChI is InChI=1S/C18H20BrN3O2/c1-2-11-20-18(24)13-7-9-14(10-8-13)22-17(23)12-21-16-6-4-3-5-15(16)19/h3-10,21H,2,11-12H2,1H3,(H,20,24)(H,22,23). The van der Waals surface area contributed by atoms with E-state index in [1.54, 1.807) is 24.3 Å². The van der Waals surface area contributed by atoms with E-state index in [9.17, 15) is 9.59 Å². The molecule has 2 aromatic rings. The Bertz CT molecular complexity index is 702. The summed E-state index contributed by atoms with van der Waals surface area (Å²) in [6, 6.07) is 14.4. The molecule has 5 nitrogen and oxygen atoms in total. The van der Waals surface area contributed by atoms with Gasteiger partial charge in [0.25, 0.3) is 5.91 Å². The largest absolute Gasteiger partial charge is 0.375 e. The Balaban J connectivity index is 1.85. The molecule has 2 amide bonds. The topological polar surface area (TPSA) is 70.2 Å². The molecule has 126 valence electrons. The van der Waals surface area contributed by atoms with Crippen LogP contribution in [0.1, 0.15) is 23.7 Å². The molecule has 0 aromatic heterocycles. The zero-order chi connectivity index (χ0) is 17.4. The lowest BCUT2D eigenvalue weighted by Crippen LogP contribution is -2.24. The fraction of sp³-hybridized carbons (Fsp3) is 0.222. The number of anilines is 2. The number of carbonyl (C=O) groups is 2. The van der Waals surface area contributed by atoms with Crippen molar-refractivity contribution in [3.63, 3.8) is 0 Å². The third-order valence-corrected chi connectivity index (χ3v) is 3.97. The van der Waals surface area contributed by atoms with Crippen molar-refractivity contribution in [1.29, 1.82) is 0 Å². The van der Waals surface area contributed by atoms with Gasteiger partial charge in [-0.3, -0.25) is 9.59 Å². The molecule has 0 heterocycles. The maximum absolute atomic E-state index is 12.0. The average Bonchev–Trinajstić information content (AvgIpc) is 2.59. The zero-order valence-electron chi connectivity index (χ0n) is 13.4. The van der Waals surface area contributed by atoms with Gasteiger partial charge in [0, 0.05) is 28.0 Å². The van der Waals surface area contributed by atoms with Crippen molar-refractivity contribution >= 4 is 39.1 Å². The Morgan fingerprint density at radius 1 is 1.04 bits per heavy atom. The van der Waals surface area contributed by atoms with Crippen molar-refractivity contribution in [2.75, 3.05) is 23.7 Å². The highest BCUT2D eigenvalue weighted by molar-refractivity contribution is 9.10. The fourth-order valence-corrected chi connectivity index (χ4v) is 2.46. The van der Waals surface area contributed by atoms with Gasteiger partial charge in [0.05, 0.1) is 6.54 Å². The molecule has 0 spiro atoms. The molecule has 0 fully saturated rings. The number of benzene rings is 2. The third-order valence-electron chi connectivity index (χ3n) is 3.28. The summed E-state index contributed by atoms with van der Waals surface area (Å²) in [4.78, 5) is 23.8. The maximum atomic E-state index is 12.0. The monoisotopic (exact) mass is 389 g/mol. The summed E-state index contributed by atoms with van der Waals surface area (Å²) in [7, 11) is 0. The summed E-state index contributed by atoms with van der Waals surface area (Å²) in [6.07, 6.45) is 0.893. The summed E-state index contributed by atoms with van der Waals surface area (Å²) in [5, 5.41) is 8.67. The Morgan fingerprint density at radius 2 is 1.75 bits per heavy atom. The second-order valence-corrected chi connectivity index (χ2v) is 6.07. The van der Waals surface area contributed by atoms with Gasteiger partial charge in [-0.05, 0) is 58.7 Å². The van der Waals surface area contributed by atoms with E-state index in [1.165, 1.54) is 0 Å². The number of hydrogen-bond acceptors (Lipinski definition) is 3. The van der Waals surface area contributed by atoms with Crippen molar-refractivity contribution in [1.82, 2.24) is 5.32 Å². The molecule has 3 N–H and O–H groups in total. The van der Waals surface area contributed by atoms with E-state index in [1.807, 2.05) is 31.2 Å². The molecule has 2 rings (SSSR count). The second-order valence-electron chi connectivity index (χ2n) is 5.21. The minimum atomic E-state index is -0.158. The minimum absolute atomic E-state index is 0.106. The number of carbonyl (C=O) groups excluding carboxylic acids is 2. The summed E-state index contributed by atoms with van der Waals surface area (Å²) >= 11 is 3.42. The third kappa shape index (κ3) is 5.38. The molecular formula is C18H20BrN3O2. The van der Waals surface area contributed by atoms with E-state index in [4.69, 9.17) is 0 Å². The molecule has 0 unspecified atom stereocenters. The fourth-order valence-electron chi connectivity index (χ4n) is 2.03. The molecular weight excluding hydrogens is 370 g/mol. The van der Waals surface area contributed by atoms with E-state index in [0.29, 0.717) is 17.8 Å². The predicted octanol–water partition coefficient (Wildman–Crippen LogP) is 3.64. The van der Waals surface area contributed by atoms with Gasteiger partial charge >= 0.3 is 0 Å². The van der Waals surface area contributed by atoms with Crippen molar-refractivity contribution in [3.05, 3.63) is 58.6 Å². The van der Waals surface area contributed by atoms with Crippen LogP contribution >= 0.6 is 15.9 Å². The van der Waals surface area contributed by atoms with Gasteiger partial charge in [-0.1, -0.05) is 19.1 Å². The van der Waals surface area contributed by atoms with Gasteiger partial charge in [-0.25, -0.2) is 0 Å². The highest BCUT2D eigenvalue weighted by atomic mass is 79.9. The van der Waals surface area contributed by atoms with Gasteiger partial charge in [-0.2, -0.15) is 0 Å². The van der Waals surface area contributed by atoms with Crippen LogP contribution in [0, 0.1) is 0 Å². The van der Waals surface area contributed by atoms with E-state index < -0.39 is 0 Å². The van der Waals surface area contributed by atoms with Gasteiger partial charge in [0.2, 0.25) is 5.91 Å². The van der Waals surface area contributed by atoms with E-state index in [-0.39, 0.29) is 18.4 Å². The molecule has 0 saturated carbocycles. The molecule has 0 aliphatic rings. The lowest BCUT2D eigenvalue weighted by molar-refractivity contribution is -0.114. The van der Waals surface area contributed by atoms with Crippen LogP contribution in [0.25, 0.3) is 0 Å². The Kier molecular flexibility index (Phi) is 6.81. The Morgan fingerprint density at radius 3 is 2.42 bits per heavy atom. The van der Waals surface area contributed by atoms with Gasteiger partial charge in [-0.15, -0.1) is 0 Å². The summed E-state index contributed by atoms with van der Waals surface area (Å²) < 4.78 is 0.903. The molecule has 0 atom stereocenters. The quantitative estimate of drug-likeness (QED) is 0.676. The zero-order valence-corrected chi connectivity index (χ0v) is 15.0. The van der Waals surface area contributed by atoms with Crippen LogP contribution in [0.5, 0.6) is 0 Å².